The Kier molecular flexibility index (Phi) is 3.18. The molecule has 92 valence electrons. The van der Waals surface area contributed by atoms with E-state index in [0.717, 1.165) is 18.5 Å². The SMILES string of the molecule is CCOC(=O)C(C)(C)C1CCc2cccnc21. The standard InChI is InChI=1S/C14H19NO2/c1-4-17-13(16)14(2,3)11-8-7-10-6-5-9-15-12(10)11/h5-6,9,11H,4,7-8H2,1-3H3. The molecule has 0 bridgehead atoms. The molecule has 1 aliphatic rings. The van der Waals surface area contributed by atoms with Crippen molar-refractivity contribution < 1.29 is 9.53 Å². The summed E-state index contributed by atoms with van der Waals surface area (Å²) in [5.74, 6) is 0.0567. The second-order valence-electron chi connectivity index (χ2n) is 5.08. The zero-order chi connectivity index (χ0) is 12.5. The van der Waals surface area contributed by atoms with E-state index >= 15 is 0 Å². The zero-order valence-electron chi connectivity index (χ0n) is 10.7. The lowest BCUT2D eigenvalue weighted by Gasteiger charge is -2.29. The number of aromatic nitrogens is 1. The van der Waals surface area contributed by atoms with Gasteiger partial charge in [-0.3, -0.25) is 9.78 Å². The fourth-order valence-electron chi connectivity index (χ4n) is 2.57. The van der Waals surface area contributed by atoms with Crippen molar-refractivity contribution in [1.82, 2.24) is 4.98 Å². The largest absolute Gasteiger partial charge is 0.466 e. The van der Waals surface area contributed by atoms with Gasteiger partial charge >= 0.3 is 5.97 Å². The topological polar surface area (TPSA) is 39.2 Å². The van der Waals surface area contributed by atoms with Crippen LogP contribution in [0.25, 0.3) is 0 Å². The van der Waals surface area contributed by atoms with Gasteiger partial charge in [0.1, 0.15) is 0 Å². The van der Waals surface area contributed by atoms with Crippen LogP contribution in [0, 0.1) is 5.41 Å². The first-order chi connectivity index (χ1) is 8.07. The number of carbonyl (C=O) groups excluding carboxylic acids is 1. The molecular formula is C14H19NO2. The molecule has 1 aliphatic carbocycles. The first kappa shape index (κ1) is 12.1. The third-order valence-electron chi connectivity index (χ3n) is 3.63. The maximum Gasteiger partial charge on any atom is 0.312 e. The van der Waals surface area contributed by atoms with E-state index in [4.69, 9.17) is 4.74 Å². The van der Waals surface area contributed by atoms with Crippen molar-refractivity contribution in [2.24, 2.45) is 5.41 Å². The Morgan fingerprint density at radius 2 is 2.35 bits per heavy atom. The summed E-state index contributed by atoms with van der Waals surface area (Å²) in [6.07, 6.45) is 3.80. The second-order valence-corrected chi connectivity index (χ2v) is 5.08. The van der Waals surface area contributed by atoms with Gasteiger partial charge in [-0.2, -0.15) is 0 Å². The van der Waals surface area contributed by atoms with Crippen molar-refractivity contribution in [2.75, 3.05) is 6.61 Å². The Morgan fingerprint density at radius 1 is 1.59 bits per heavy atom. The van der Waals surface area contributed by atoms with Gasteiger partial charge in [0, 0.05) is 17.8 Å². The highest BCUT2D eigenvalue weighted by Crippen LogP contribution is 2.44. The van der Waals surface area contributed by atoms with Gasteiger partial charge in [-0.15, -0.1) is 0 Å². The fourth-order valence-corrected chi connectivity index (χ4v) is 2.57. The van der Waals surface area contributed by atoms with Gasteiger partial charge in [-0.1, -0.05) is 6.07 Å². The smallest absolute Gasteiger partial charge is 0.312 e. The van der Waals surface area contributed by atoms with E-state index in [1.165, 1.54) is 5.56 Å². The monoisotopic (exact) mass is 233 g/mol. The summed E-state index contributed by atoms with van der Waals surface area (Å²) in [6.45, 7) is 6.19. The summed E-state index contributed by atoms with van der Waals surface area (Å²) >= 11 is 0. The number of carbonyl (C=O) groups is 1. The van der Waals surface area contributed by atoms with Crippen LogP contribution in [0.15, 0.2) is 18.3 Å². The van der Waals surface area contributed by atoms with Gasteiger partial charge in [0.25, 0.3) is 0 Å². The van der Waals surface area contributed by atoms with Crippen LogP contribution >= 0.6 is 0 Å². The van der Waals surface area contributed by atoms with Crippen LogP contribution < -0.4 is 0 Å². The van der Waals surface area contributed by atoms with Gasteiger partial charge in [-0.25, -0.2) is 0 Å². The molecule has 0 saturated heterocycles. The molecular weight excluding hydrogens is 214 g/mol. The summed E-state index contributed by atoms with van der Waals surface area (Å²) in [5.41, 5.74) is 1.86. The molecule has 1 aromatic heterocycles. The van der Waals surface area contributed by atoms with Gasteiger partial charge in [-0.05, 0) is 45.2 Å². The highest BCUT2D eigenvalue weighted by Gasteiger charge is 2.42. The van der Waals surface area contributed by atoms with Gasteiger partial charge in [0.2, 0.25) is 0 Å². The molecule has 0 aromatic carbocycles. The van der Waals surface area contributed by atoms with E-state index in [1.54, 1.807) is 6.20 Å². The second kappa shape index (κ2) is 4.47. The Hall–Kier alpha value is -1.38. The number of hydrogen-bond donors (Lipinski definition) is 0. The molecule has 3 nitrogen and oxygen atoms in total. The number of nitrogens with zero attached hydrogens (tertiary/aromatic N) is 1. The van der Waals surface area contributed by atoms with Crippen molar-refractivity contribution in [3.05, 3.63) is 29.6 Å². The quantitative estimate of drug-likeness (QED) is 0.753. The minimum atomic E-state index is -0.490. The summed E-state index contributed by atoms with van der Waals surface area (Å²) in [6, 6.07) is 4.06. The first-order valence-electron chi connectivity index (χ1n) is 6.18. The third kappa shape index (κ3) is 2.06. The number of ether oxygens (including phenoxy) is 1. The average molecular weight is 233 g/mol. The van der Waals surface area contributed by atoms with Crippen LogP contribution in [0.3, 0.4) is 0 Å². The first-order valence-corrected chi connectivity index (χ1v) is 6.18. The van der Waals surface area contributed by atoms with E-state index in [-0.39, 0.29) is 11.9 Å². The molecule has 2 rings (SSSR count). The average Bonchev–Trinajstić information content (AvgIpc) is 2.73. The number of pyridine rings is 1. The van der Waals surface area contributed by atoms with Crippen molar-refractivity contribution in [1.29, 1.82) is 0 Å². The zero-order valence-corrected chi connectivity index (χ0v) is 10.7. The van der Waals surface area contributed by atoms with Gasteiger partial charge < -0.3 is 4.74 Å². The third-order valence-corrected chi connectivity index (χ3v) is 3.63. The van der Waals surface area contributed by atoms with Gasteiger partial charge in [0.05, 0.1) is 12.0 Å². The molecule has 0 N–H and O–H groups in total. The molecule has 0 amide bonds. The van der Waals surface area contributed by atoms with E-state index < -0.39 is 5.41 Å². The highest BCUT2D eigenvalue weighted by atomic mass is 16.5. The molecule has 1 heterocycles. The lowest BCUT2D eigenvalue weighted by Crippen LogP contribution is -2.32. The van der Waals surface area contributed by atoms with E-state index in [1.807, 2.05) is 26.8 Å². The molecule has 0 fully saturated rings. The number of esters is 1. The Balaban J connectivity index is 2.27. The van der Waals surface area contributed by atoms with Gasteiger partial charge in [0.15, 0.2) is 0 Å². The number of hydrogen-bond acceptors (Lipinski definition) is 3. The van der Waals surface area contributed by atoms with Crippen molar-refractivity contribution in [3.63, 3.8) is 0 Å². The highest BCUT2D eigenvalue weighted by molar-refractivity contribution is 5.77. The summed E-state index contributed by atoms with van der Waals surface area (Å²) < 4.78 is 5.17. The summed E-state index contributed by atoms with van der Waals surface area (Å²) in [5, 5.41) is 0. The Morgan fingerprint density at radius 3 is 3.06 bits per heavy atom. The molecule has 17 heavy (non-hydrogen) atoms. The minimum Gasteiger partial charge on any atom is -0.466 e. The normalized spacial score (nSPS) is 18.9. The maximum absolute atomic E-state index is 12.0. The molecule has 0 spiro atoms. The van der Waals surface area contributed by atoms with Crippen molar-refractivity contribution in [3.8, 4) is 0 Å². The molecule has 1 unspecified atom stereocenters. The fraction of sp³-hybridized carbons (Fsp3) is 0.571. The predicted octanol–water partition coefficient (Wildman–Crippen LogP) is 2.70. The molecule has 1 atom stereocenters. The van der Waals surface area contributed by atoms with Crippen LogP contribution in [0.2, 0.25) is 0 Å². The molecule has 1 aromatic rings. The Bertz CT molecular complexity index is 426. The number of rotatable bonds is 3. The minimum absolute atomic E-state index is 0.122. The predicted molar refractivity (Wildman–Crippen MR) is 65.7 cm³/mol. The van der Waals surface area contributed by atoms with Crippen LogP contribution in [-0.2, 0) is 16.0 Å². The summed E-state index contributed by atoms with van der Waals surface area (Å²) in [7, 11) is 0. The molecule has 0 saturated carbocycles. The van der Waals surface area contributed by atoms with Crippen molar-refractivity contribution in [2.45, 2.75) is 39.5 Å². The summed E-state index contributed by atoms with van der Waals surface area (Å²) in [4.78, 5) is 16.5. The van der Waals surface area contributed by atoms with E-state index in [0.29, 0.717) is 6.61 Å². The maximum atomic E-state index is 12.0. The number of fused-ring (bicyclic) bond motifs is 1. The molecule has 3 heteroatoms. The van der Waals surface area contributed by atoms with Crippen molar-refractivity contribution >= 4 is 5.97 Å². The van der Waals surface area contributed by atoms with E-state index in [2.05, 4.69) is 11.1 Å². The van der Waals surface area contributed by atoms with Crippen LogP contribution in [0.5, 0.6) is 0 Å². The molecule has 0 aliphatic heterocycles. The Labute approximate surface area is 102 Å². The van der Waals surface area contributed by atoms with E-state index in [9.17, 15) is 4.79 Å². The van der Waals surface area contributed by atoms with Crippen LogP contribution in [0.1, 0.15) is 44.4 Å². The lowest BCUT2D eigenvalue weighted by atomic mass is 9.77. The molecule has 0 radical (unpaired) electrons. The van der Waals surface area contributed by atoms with Crippen LogP contribution in [0.4, 0.5) is 0 Å². The number of aryl methyl sites for hydroxylation is 1. The van der Waals surface area contributed by atoms with Crippen LogP contribution in [-0.4, -0.2) is 17.6 Å². The lowest BCUT2D eigenvalue weighted by molar-refractivity contribution is -0.154.